The summed E-state index contributed by atoms with van der Waals surface area (Å²) in [6.45, 7) is 0. The lowest BCUT2D eigenvalue weighted by Gasteiger charge is -1.98. The number of ketones is 1. The number of furan rings is 1. The van der Waals surface area contributed by atoms with Crippen LogP contribution in [-0.4, -0.2) is 5.78 Å². The van der Waals surface area contributed by atoms with Crippen molar-refractivity contribution in [3.05, 3.63) is 70.7 Å². The molecular weight excluding hydrogens is 279 g/mol. The summed E-state index contributed by atoms with van der Waals surface area (Å²) in [6.07, 6.45) is 0.0925. The Kier molecular flexibility index (Phi) is 3.28. The van der Waals surface area contributed by atoms with Gasteiger partial charge in [0.2, 0.25) is 5.78 Å². The maximum Gasteiger partial charge on any atom is 0.202 e. The fourth-order valence-electron chi connectivity index (χ4n) is 2.08. The number of rotatable bonds is 3. The van der Waals surface area contributed by atoms with Crippen LogP contribution in [0.5, 0.6) is 0 Å². The van der Waals surface area contributed by atoms with Gasteiger partial charge in [-0.15, -0.1) is 0 Å². The van der Waals surface area contributed by atoms with Gasteiger partial charge >= 0.3 is 0 Å². The summed E-state index contributed by atoms with van der Waals surface area (Å²) in [7, 11) is 0. The van der Waals surface area contributed by atoms with Gasteiger partial charge in [-0.05, 0) is 29.8 Å². The van der Waals surface area contributed by atoms with E-state index in [4.69, 9.17) is 16.0 Å². The van der Waals surface area contributed by atoms with Crippen LogP contribution in [0.2, 0.25) is 5.02 Å². The highest BCUT2D eigenvalue weighted by molar-refractivity contribution is 6.34. The Labute approximate surface area is 119 Å². The predicted molar refractivity (Wildman–Crippen MR) is 75.7 cm³/mol. The van der Waals surface area contributed by atoms with Crippen LogP contribution in [-0.2, 0) is 6.42 Å². The van der Waals surface area contributed by atoms with E-state index in [-0.39, 0.29) is 23.8 Å². The van der Waals surface area contributed by atoms with E-state index in [9.17, 15) is 9.18 Å². The smallest absolute Gasteiger partial charge is 0.202 e. The molecule has 0 atom stereocenters. The first-order chi connectivity index (χ1) is 9.63. The van der Waals surface area contributed by atoms with Crippen molar-refractivity contribution >= 4 is 28.4 Å². The van der Waals surface area contributed by atoms with Crippen molar-refractivity contribution in [2.24, 2.45) is 0 Å². The average Bonchev–Trinajstić information content (AvgIpc) is 2.84. The largest absolute Gasteiger partial charge is 0.451 e. The molecule has 4 heteroatoms. The Morgan fingerprint density at radius 3 is 2.70 bits per heavy atom. The van der Waals surface area contributed by atoms with Gasteiger partial charge in [0.1, 0.15) is 5.82 Å². The molecule has 0 aliphatic heterocycles. The second-order valence-corrected chi connectivity index (χ2v) is 4.91. The van der Waals surface area contributed by atoms with Gasteiger partial charge in [-0.3, -0.25) is 4.79 Å². The summed E-state index contributed by atoms with van der Waals surface area (Å²) in [5, 5.41) is 1.24. The topological polar surface area (TPSA) is 30.2 Å². The molecule has 3 rings (SSSR count). The number of carbonyl (C=O) groups excluding carboxylic acids is 1. The fourth-order valence-corrected chi connectivity index (χ4v) is 2.30. The molecule has 0 spiro atoms. The Morgan fingerprint density at radius 2 is 1.95 bits per heavy atom. The molecule has 0 aliphatic carbocycles. The van der Waals surface area contributed by atoms with Gasteiger partial charge in [-0.2, -0.15) is 0 Å². The van der Waals surface area contributed by atoms with Crippen LogP contribution in [0.4, 0.5) is 4.39 Å². The zero-order valence-electron chi connectivity index (χ0n) is 10.4. The van der Waals surface area contributed by atoms with E-state index >= 15 is 0 Å². The van der Waals surface area contributed by atoms with Crippen molar-refractivity contribution in [3.63, 3.8) is 0 Å². The minimum absolute atomic E-state index is 0.0925. The van der Waals surface area contributed by atoms with Crippen LogP contribution in [0.1, 0.15) is 16.1 Å². The van der Waals surface area contributed by atoms with E-state index < -0.39 is 0 Å². The summed E-state index contributed by atoms with van der Waals surface area (Å²) in [5.41, 5.74) is 1.11. The summed E-state index contributed by atoms with van der Waals surface area (Å²) in [5.74, 6) is -0.330. The molecule has 0 fully saturated rings. The maximum absolute atomic E-state index is 13.1. The molecule has 3 aromatic rings. The molecule has 2 aromatic carbocycles. The number of para-hydroxylation sites is 1. The highest BCUT2D eigenvalue weighted by Crippen LogP contribution is 2.27. The molecule has 20 heavy (non-hydrogen) atoms. The molecule has 0 amide bonds. The van der Waals surface area contributed by atoms with Gasteiger partial charge in [0.15, 0.2) is 11.3 Å². The van der Waals surface area contributed by atoms with Gasteiger partial charge in [0, 0.05) is 11.8 Å². The first kappa shape index (κ1) is 12.9. The highest BCUT2D eigenvalue weighted by Gasteiger charge is 2.14. The van der Waals surface area contributed by atoms with E-state index in [0.717, 1.165) is 5.39 Å². The lowest BCUT2D eigenvalue weighted by atomic mass is 10.1. The van der Waals surface area contributed by atoms with Gasteiger partial charge in [0.05, 0.1) is 5.02 Å². The minimum atomic E-state index is -0.358. The molecule has 0 aliphatic rings. The monoisotopic (exact) mass is 288 g/mol. The van der Waals surface area contributed by atoms with Crippen LogP contribution in [0.25, 0.3) is 11.0 Å². The Morgan fingerprint density at radius 1 is 1.15 bits per heavy atom. The third-order valence-electron chi connectivity index (χ3n) is 3.02. The first-order valence-electron chi connectivity index (χ1n) is 6.09. The average molecular weight is 289 g/mol. The summed E-state index contributed by atoms with van der Waals surface area (Å²) < 4.78 is 18.6. The molecule has 2 nitrogen and oxygen atoms in total. The van der Waals surface area contributed by atoms with Crippen molar-refractivity contribution in [1.82, 2.24) is 0 Å². The van der Waals surface area contributed by atoms with Gasteiger partial charge in [-0.25, -0.2) is 4.39 Å². The Hall–Kier alpha value is -2.13. The number of benzene rings is 2. The molecule has 0 bridgehead atoms. The van der Waals surface area contributed by atoms with E-state index in [1.807, 2.05) is 6.07 Å². The lowest BCUT2D eigenvalue weighted by Crippen LogP contribution is -2.02. The number of hydrogen-bond donors (Lipinski definition) is 0. The highest BCUT2D eigenvalue weighted by atomic mass is 35.5. The zero-order chi connectivity index (χ0) is 14.1. The number of carbonyl (C=O) groups is 1. The van der Waals surface area contributed by atoms with Crippen LogP contribution in [0.15, 0.2) is 52.9 Å². The standard InChI is InChI=1S/C16H10ClFO2/c17-13-6-2-4-11-9-15(20-16(11)13)14(19)8-10-3-1-5-12(18)7-10/h1-7,9H,8H2. The van der Waals surface area contributed by atoms with Crippen molar-refractivity contribution in [3.8, 4) is 0 Å². The fraction of sp³-hybridized carbons (Fsp3) is 0.0625. The normalized spacial score (nSPS) is 10.9. The van der Waals surface area contributed by atoms with E-state index in [2.05, 4.69) is 0 Å². The molecule has 0 unspecified atom stereocenters. The van der Waals surface area contributed by atoms with Crippen LogP contribution >= 0.6 is 11.6 Å². The van der Waals surface area contributed by atoms with Gasteiger partial charge < -0.3 is 4.42 Å². The van der Waals surface area contributed by atoms with Crippen LogP contribution in [0.3, 0.4) is 0 Å². The summed E-state index contributed by atoms with van der Waals surface area (Å²) >= 11 is 6.00. The molecule has 100 valence electrons. The van der Waals surface area contributed by atoms with Gasteiger partial charge in [-0.1, -0.05) is 35.9 Å². The maximum atomic E-state index is 13.1. The van der Waals surface area contributed by atoms with Crippen LogP contribution < -0.4 is 0 Å². The van der Waals surface area contributed by atoms with Gasteiger partial charge in [0.25, 0.3) is 0 Å². The van der Waals surface area contributed by atoms with E-state index in [1.165, 1.54) is 12.1 Å². The minimum Gasteiger partial charge on any atom is -0.451 e. The Bertz CT molecular complexity index is 792. The molecule has 1 heterocycles. The number of hydrogen-bond acceptors (Lipinski definition) is 2. The molecule has 1 aromatic heterocycles. The third-order valence-corrected chi connectivity index (χ3v) is 3.32. The zero-order valence-corrected chi connectivity index (χ0v) is 11.2. The second-order valence-electron chi connectivity index (χ2n) is 4.50. The summed E-state index contributed by atoms with van der Waals surface area (Å²) in [4.78, 5) is 12.1. The second kappa shape index (κ2) is 5.10. The van der Waals surface area contributed by atoms with Crippen molar-refractivity contribution in [2.45, 2.75) is 6.42 Å². The van der Waals surface area contributed by atoms with Crippen LogP contribution in [0, 0.1) is 5.82 Å². The predicted octanol–water partition coefficient (Wildman–Crippen LogP) is 4.65. The van der Waals surface area contributed by atoms with Crippen molar-refractivity contribution < 1.29 is 13.6 Å². The third kappa shape index (κ3) is 2.45. The quantitative estimate of drug-likeness (QED) is 0.657. The molecular formula is C16H10ClFO2. The SMILES string of the molecule is O=C(Cc1cccc(F)c1)c1cc2cccc(Cl)c2o1. The number of Topliss-reactive ketones (excluding diaryl/α,β-unsaturated/α-hetero) is 1. The van der Waals surface area contributed by atoms with Crippen molar-refractivity contribution in [2.75, 3.05) is 0 Å². The number of halogens is 2. The molecule has 0 radical (unpaired) electrons. The van der Waals surface area contributed by atoms with E-state index in [1.54, 1.807) is 30.3 Å². The molecule has 0 saturated carbocycles. The van der Waals surface area contributed by atoms with E-state index in [0.29, 0.717) is 16.2 Å². The molecule has 0 N–H and O–H groups in total. The lowest BCUT2D eigenvalue weighted by molar-refractivity contribution is 0.0968. The first-order valence-corrected chi connectivity index (χ1v) is 6.47. The van der Waals surface area contributed by atoms with Crippen molar-refractivity contribution in [1.29, 1.82) is 0 Å². The Balaban J connectivity index is 1.91. The molecule has 0 saturated heterocycles. The summed E-state index contributed by atoms with van der Waals surface area (Å²) in [6, 6.07) is 12.9. The number of fused-ring (bicyclic) bond motifs is 1.